The van der Waals surface area contributed by atoms with Crippen molar-refractivity contribution in [1.29, 1.82) is 0 Å². The molecule has 0 aliphatic carbocycles. The van der Waals surface area contributed by atoms with Gasteiger partial charge in [-0.25, -0.2) is 4.57 Å². The summed E-state index contributed by atoms with van der Waals surface area (Å²) in [5.41, 5.74) is 12.3. The minimum absolute atomic E-state index is 0.0358. The van der Waals surface area contributed by atoms with Gasteiger partial charge in [0.05, 0.1) is 91.8 Å². The lowest BCUT2D eigenvalue weighted by Crippen LogP contribution is -2.36. The fourth-order valence-electron chi connectivity index (χ4n) is 8.39. The molecule has 3 heterocycles. The first-order chi connectivity index (χ1) is 34.9. The Balaban J connectivity index is 1.35. The van der Waals surface area contributed by atoms with E-state index in [0.29, 0.717) is 105 Å². The first-order valence-electron chi connectivity index (χ1n) is 23.8. The summed E-state index contributed by atoms with van der Waals surface area (Å²) in [4.78, 5) is 22.2. The molecule has 2 aliphatic heterocycles. The van der Waals surface area contributed by atoms with Crippen molar-refractivity contribution in [3.05, 3.63) is 122 Å². The Morgan fingerprint density at radius 3 is 2.15 bits per heavy atom. The third-order valence-electron chi connectivity index (χ3n) is 12.2. The zero-order chi connectivity index (χ0) is 54.2. The molecule has 1 amide bonds. The zero-order valence-electron chi connectivity index (χ0n) is 41.9. The van der Waals surface area contributed by atoms with E-state index in [-0.39, 0.29) is 49.7 Å². The highest BCUT2D eigenvalue weighted by molar-refractivity contribution is 7.86. The smallest absolute Gasteiger partial charge is 0.327 e. The van der Waals surface area contributed by atoms with Crippen molar-refractivity contribution in [3.63, 3.8) is 0 Å². The van der Waals surface area contributed by atoms with Gasteiger partial charge in [-0.3, -0.25) is 18.5 Å². The van der Waals surface area contributed by atoms with Crippen LogP contribution in [0.2, 0.25) is 5.02 Å². The van der Waals surface area contributed by atoms with Gasteiger partial charge in [0.25, 0.3) is 30.4 Å². The van der Waals surface area contributed by atoms with Gasteiger partial charge in [0.2, 0.25) is 5.91 Å². The van der Waals surface area contributed by atoms with E-state index in [9.17, 15) is 43.7 Å². The molecular weight excluding hydrogens is 1040 g/mol. The molecule has 74 heavy (non-hydrogen) atoms. The van der Waals surface area contributed by atoms with Crippen LogP contribution in [-0.4, -0.2) is 135 Å². The molecule has 0 saturated carbocycles. The number of azide groups is 1. The van der Waals surface area contributed by atoms with Crippen molar-refractivity contribution < 1.29 is 67.2 Å². The van der Waals surface area contributed by atoms with E-state index in [2.05, 4.69) is 15.3 Å². The van der Waals surface area contributed by atoms with E-state index < -0.39 is 52.7 Å². The summed E-state index contributed by atoms with van der Waals surface area (Å²) in [5, 5.41) is 6.68. The molecule has 404 valence electrons. The Morgan fingerprint density at radius 1 is 0.851 bits per heavy atom. The summed E-state index contributed by atoms with van der Waals surface area (Å²) >= 11 is 6.57. The number of nitrogens with one attached hydrogen (secondary N) is 1. The number of anilines is 1. The maximum atomic E-state index is 13.0. The van der Waals surface area contributed by atoms with Crippen LogP contribution >= 0.6 is 11.6 Å². The number of benzene rings is 2. The SMILES string of the molecule is CC1(C)C(/C=C/C(=C/C=C2/N(CCCS(=O)(=O)O)c3ccc(S(=O)(=O)O)cc3C2(C)C)c2cccc(CCC(=O)NCCOCCOCCOCCOCCN=[N+]=[N-])c2)=Nc2c1cc(Cl)c[n+]2CCCS(=O)(=O)O. The number of hydrogen-bond acceptors (Lipinski definition) is 14. The third-order valence-corrected chi connectivity index (χ3v) is 14.9. The molecule has 1 aromatic heterocycles. The van der Waals surface area contributed by atoms with Gasteiger partial charge in [-0.1, -0.05) is 67.0 Å². The summed E-state index contributed by atoms with van der Waals surface area (Å²) < 4.78 is 124. The van der Waals surface area contributed by atoms with Crippen molar-refractivity contribution in [1.82, 2.24) is 5.32 Å². The van der Waals surface area contributed by atoms with Crippen LogP contribution in [0.1, 0.15) is 69.2 Å². The summed E-state index contributed by atoms with van der Waals surface area (Å²) in [6, 6.07) is 13.7. The average Bonchev–Trinajstić information content (AvgIpc) is 3.70. The molecular formula is C49H65ClN7O14S3+. The molecule has 0 unspecified atom stereocenters. The third kappa shape index (κ3) is 18.1. The van der Waals surface area contributed by atoms with Crippen molar-refractivity contribution in [3.8, 4) is 0 Å². The minimum atomic E-state index is -4.57. The Hall–Kier alpha value is -5.08. The lowest BCUT2D eigenvalue weighted by Gasteiger charge is -2.27. The van der Waals surface area contributed by atoms with Gasteiger partial charge in [0.15, 0.2) is 5.71 Å². The largest absolute Gasteiger partial charge is 0.379 e. The number of aromatic nitrogens is 1. The summed E-state index contributed by atoms with van der Waals surface area (Å²) in [5.74, 6) is -0.543. The van der Waals surface area contributed by atoms with Crippen LogP contribution in [0.25, 0.3) is 16.0 Å². The number of fused-ring (bicyclic) bond motifs is 2. The molecule has 3 aromatic rings. The maximum Gasteiger partial charge on any atom is 0.327 e. The molecule has 25 heteroatoms. The predicted molar refractivity (Wildman–Crippen MR) is 281 cm³/mol. The Labute approximate surface area is 438 Å². The number of allylic oxidation sites excluding steroid dienone is 6. The monoisotopic (exact) mass is 1110 g/mol. The Morgan fingerprint density at radius 2 is 1.50 bits per heavy atom. The number of rotatable bonds is 31. The van der Waals surface area contributed by atoms with E-state index in [1.807, 2.05) is 87.2 Å². The van der Waals surface area contributed by atoms with E-state index >= 15 is 0 Å². The van der Waals surface area contributed by atoms with Crippen LogP contribution in [0.3, 0.4) is 0 Å². The molecule has 0 spiro atoms. The second kappa shape index (κ2) is 27.1. The molecule has 4 N–H and O–H groups in total. The molecule has 5 rings (SSSR count). The topological polar surface area (TPSA) is 297 Å². The number of hydrogen-bond donors (Lipinski definition) is 4. The summed E-state index contributed by atoms with van der Waals surface area (Å²) in [6.07, 6.45) is 9.91. The normalized spacial score (nSPS) is 15.8. The van der Waals surface area contributed by atoms with Gasteiger partial charge in [0, 0.05) is 54.2 Å². The van der Waals surface area contributed by atoms with Crippen molar-refractivity contribution in [2.75, 3.05) is 88.9 Å². The van der Waals surface area contributed by atoms with Crippen LogP contribution in [0.15, 0.2) is 99.7 Å². The molecule has 0 fully saturated rings. The lowest BCUT2D eigenvalue weighted by molar-refractivity contribution is -0.684. The summed E-state index contributed by atoms with van der Waals surface area (Å²) in [7, 11) is -13.1. The van der Waals surface area contributed by atoms with Gasteiger partial charge >= 0.3 is 5.82 Å². The molecule has 2 aromatic carbocycles. The number of aliphatic imine (C=N–C) groups is 1. The fraction of sp³-hybridized carbons (Fsp3) is 0.490. The summed E-state index contributed by atoms with van der Waals surface area (Å²) in [6.45, 7) is 11.5. The average molecular weight is 1110 g/mol. The van der Waals surface area contributed by atoms with Crippen LogP contribution in [0.5, 0.6) is 0 Å². The lowest BCUT2D eigenvalue weighted by atomic mass is 9.81. The molecule has 0 radical (unpaired) electrons. The molecule has 21 nitrogen and oxygen atoms in total. The highest BCUT2D eigenvalue weighted by atomic mass is 35.5. The number of pyridine rings is 1. The van der Waals surface area contributed by atoms with Crippen molar-refractivity contribution >= 4 is 70.7 Å². The van der Waals surface area contributed by atoms with E-state index in [1.165, 1.54) is 12.1 Å². The van der Waals surface area contributed by atoms with Gasteiger partial charge in [-0.05, 0) is 95.9 Å². The molecule has 0 atom stereocenters. The van der Waals surface area contributed by atoms with Gasteiger partial charge in [-0.15, -0.1) is 0 Å². The second-order valence-corrected chi connectivity index (χ2v) is 23.4. The first-order valence-corrected chi connectivity index (χ1v) is 28.9. The van der Waals surface area contributed by atoms with Crippen LogP contribution in [0.4, 0.5) is 11.5 Å². The number of amides is 1. The second-order valence-electron chi connectivity index (χ2n) is 18.4. The number of aryl methyl sites for hydroxylation is 2. The fourth-order valence-corrected chi connectivity index (χ4v) is 10.1. The molecule has 0 saturated heterocycles. The van der Waals surface area contributed by atoms with Gasteiger partial charge in [-0.2, -0.15) is 25.3 Å². The number of nitrogens with zero attached hydrogens (tertiary/aromatic N) is 6. The first kappa shape index (κ1) is 59.8. The zero-order valence-corrected chi connectivity index (χ0v) is 45.1. The number of ether oxygens (including phenoxy) is 4. The van der Waals surface area contributed by atoms with E-state index in [4.69, 9.17) is 41.1 Å². The predicted octanol–water partition coefficient (Wildman–Crippen LogP) is 6.54. The molecule has 0 bridgehead atoms. The van der Waals surface area contributed by atoms with Crippen LogP contribution in [-0.2, 0) is 77.9 Å². The molecule has 2 aliphatic rings. The van der Waals surface area contributed by atoms with Gasteiger partial charge in [0.1, 0.15) is 6.20 Å². The number of halogens is 1. The minimum Gasteiger partial charge on any atom is -0.379 e. The van der Waals surface area contributed by atoms with E-state index in [1.54, 1.807) is 16.8 Å². The number of carbonyl (C=O) groups excluding carboxylic acids is 1. The van der Waals surface area contributed by atoms with E-state index in [0.717, 1.165) is 16.7 Å². The van der Waals surface area contributed by atoms with Crippen LogP contribution in [0, 0.1) is 0 Å². The van der Waals surface area contributed by atoms with Crippen molar-refractivity contribution in [2.24, 2.45) is 10.1 Å². The number of carbonyl (C=O) groups is 1. The standard InChI is InChI=1S/C49H64ClN7O14S3/c1-48(2)42-33-39(50)35-56(20-6-30-72(59,60)61)47(42)54-44(48)15-11-37(12-16-45-49(3,4)41-34-40(74(65,66)67)13-14-43(41)57(45)21-7-31-73(62,63)64)38-9-5-8-36(32-38)10-17-46(58)52-18-22-68-24-26-70-28-29-71-27-25-69-23-19-53-55-51/h5,8-9,11-16,32-35H,6-7,10,17-31H2,1-4H3,(H3-,52,58,59,60,61,62,63,64,65,66,67)/p+1. The Bertz CT molecular complexity index is 2990. The quantitative estimate of drug-likeness (QED) is 0.0101. The van der Waals surface area contributed by atoms with Crippen LogP contribution < -0.4 is 14.8 Å². The Kier molecular flexibility index (Phi) is 21.9. The highest BCUT2D eigenvalue weighted by Crippen LogP contribution is 2.49. The maximum absolute atomic E-state index is 13.0. The van der Waals surface area contributed by atoms with Crippen molar-refractivity contribution in [2.45, 2.75) is 75.6 Å². The highest BCUT2D eigenvalue weighted by Gasteiger charge is 2.43. The van der Waals surface area contributed by atoms with Gasteiger partial charge < -0.3 is 29.2 Å².